The maximum absolute atomic E-state index is 13.0. The zero-order valence-corrected chi connectivity index (χ0v) is 18.5. The molecular weight excluding hydrogens is 390 g/mol. The number of halogens is 1. The van der Waals surface area contributed by atoms with E-state index in [1.165, 1.54) is 0 Å². The maximum Gasteiger partial charge on any atom is 0.263 e. The van der Waals surface area contributed by atoms with E-state index in [1.54, 1.807) is 11.8 Å². The number of carbonyl (C=O) groups is 2. The predicted octanol–water partition coefficient (Wildman–Crippen LogP) is 2.76. The van der Waals surface area contributed by atoms with E-state index < -0.39 is 11.6 Å². The molecule has 1 heterocycles. The van der Waals surface area contributed by atoms with E-state index in [0.29, 0.717) is 26.2 Å². The van der Waals surface area contributed by atoms with Gasteiger partial charge in [0.05, 0.1) is 5.92 Å². The van der Waals surface area contributed by atoms with Crippen molar-refractivity contribution in [3.63, 3.8) is 0 Å². The third-order valence-corrected chi connectivity index (χ3v) is 6.20. The number of hydrogen-bond donors (Lipinski definition) is 1. The summed E-state index contributed by atoms with van der Waals surface area (Å²) in [6, 6.07) is 7.70. The highest BCUT2D eigenvalue weighted by atomic mass is 35.5. The van der Waals surface area contributed by atoms with Gasteiger partial charge in [0.1, 0.15) is 5.75 Å². The second-order valence-corrected chi connectivity index (χ2v) is 8.48. The Bertz CT molecular complexity index is 717. The van der Waals surface area contributed by atoms with Crippen molar-refractivity contribution in [2.45, 2.75) is 58.1 Å². The summed E-state index contributed by atoms with van der Waals surface area (Å²) in [5.74, 6) is 0.751. The molecule has 29 heavy (non-hydrogen) atoms. The molecular formula is C22H34ClN3O3. The van der Waals surface area contributed by atoms with Gasteiger partial charge in [0.15, 0.2) is 6.10 Å². The number of aryl methyl sites for hydroxylation is 1. The highest BCUT2D eigenvalue weighted by molar-refractivity contribution is 5.85. The van der Waals surface area contributed by atoms with Crippen LogP contribution in [0.3, 0.4) is 0 Å². The minimum atomic E-state index is -0.547. The van der Waals surface area contributed by atoms with Crippen LogP contribution < -0.4 is 10.5 Å². The number of amides is 2. The van der Waals surface area contributed by atoms with Crippen LogP contribution in [0.15, 0.2) is 24.3 Å². The zero-order chi connectivity index (χ0) is 20.3. The van der Waals surface area contributed by atoms with Crippen molar-refractivity contribution in [1.82, 2.24) is 9.80 Å². The van der Waals surface area contributed by atoms with Crippen LogP contribution >= 0.6 is 12.4 Å². The van der Waals surface area contributed by atoms with Crippen molar-refractivity contribution in [2.75, 3.05) is 26.2 Å². The van der Waals surface area contributed by atoms with E-state index in [2.05, 4.69) is 0 Å². The minimum Gasteiger partial charge on any atom is -0.481 e. The van der Waals surface area contributed by atoms with Gasteiger partial charge in [0.25, 0.3) is 5.91 Å². The lowest BCUT2D eigenvalue weighted by Gasteiger charge is -2.42. The Hall–Kier alpha value is -1.79. The van der Waals surface area contributed by atoms with Crippen LogP contribution in [0.4, 0.5) is 0 Å². The Morgan fingerprint density at radius 2 is 1.76 bits per heavy atom. The lowest BCUT2D eigenvalue weighted by Crippen LogP contribution is -2.58. The average Bonchev–Trinajstić information content (AvgIpc) is 2.68. The normalized spacial score (nSPS) is 25.7. The summed E-state index contributed by atoms with van der Waals surface area (Å²) in [4.78, 5) is 29.4. The first-order chi connectivity index (χ1) is 13.3. The topological polar surface area (TPSA) is 75.9 Å². The van der Waals surface area contributed by atoms with E-state index in [4.69, 9.17) is 10.5 Å². The summed E-state index contributed by atoms with van der Waals surface area (Å²) >= 11 is 0. The fourth-order valence-corrected chi connectivity index (χ4v) is 4.32. The van der Waals surface area contributed by atoms with Crippen molar-refractivity contribution in [1.29, 1.82) is 0 Å². The summed E-state index contributed by atoms with van der Waals surface area (Å²) < 4.78 is 5.87. The Morgan fingerprint density at radius 3 is 2.38 bits per heavy atom. The number of benzene rings is 1. The summed E-state index contributed by atoms with van der Waals surface area (Å²) in [6.45, 7) is 7.96. The summed E-state index contributed by atoms with van der Waals surface area (Å²) in [6.07, 6.45) is 3.38. The fraction of sp³-hybridized carbons (Fsp3) is 0.636. The van der Waals surface area contributed by atoms with Crippen LogP contribution in [0, 0.1) is 12.8 Å². The van der Waals surface area contributed by atoms with Crippen LogP contribution in [0.5, 0.6) is 5.75 Å². The predicted molar refractivity (Wildman–Crippen MR) is 116 cm³/mol. The Morgan fingerprint density at radius 1 is 1.14 bits per heavy atom. The van der Waals surface area contributed by atoms with Crippen LogP contribution in [0.2, 0.25) is 0 Å². The number of rotatable bonds is 4. The molecule has 2 fully saturated rings. The molecule has 2 N–H and O–H groups in total. The molecule has 0 radical (unpaired) electrons. The molecule has 2 aliphatic rings. The smallest absolute Gasteiger partial charge is 0.263 e. The van der Waals surface area contributed by atoms with E-state index in [0.717, 1.165) is 37.0 Å². The van der Waals surface area contributed by atoms with Gasteiger partial charge in [0, 0.05) is 31.7 Å². The maximum atomic E-state index is 13.0. The highest BCUT2D eigenvalue weighted by Gasteiger charge is 2.40. The molecule has 1 saturated heterocycles. The van der Waals surface area contributed by atoms with Gasteiger partial charge < -0.3 is 20.3 Å². The first kappa shape index (κ1) is 23.5. The summed E-state index contributed by atoms with van der Waals surface area (Å²) in [5.41, 5.74) is 6.99. The van der Waals surface area contributed by atoms with Gasteiger partial charge in [-0.15, -0.1) is 12.4 Å². The number of nitrogens with two attached hydrogens (primary N) is 1. The number of carbonyl (C=O) groups excluding carboxylic acids is 2. The third kappa shape index (κ3) is 5.43. The molecule has 162 valence electrons. The van der Waals surface area contributed by atoms with Crippen LogP contribution in [-0.4, -0.2) is 59.4 Å². The first-order valence-electron chi connectivity index (χ1n) is 10.4. The number of hydrogen-bond acceptors (Lipinski definition) is 4. The number of nitrogens with zero attached hydrogens (tertiary/aromatic N) is 2. The van der Waals surface area contributed by atoms with Crippen molar-refractivity contribution in [3.8, 4) is 5.75 Å². The number of ether oxygens (including phenoxy) is 1. The van der Waals surface area contributed by atoms with E-state index in [9.17, 15) is 9.59 Å². The molecule has 0 aromatic heterocycles. The van der Waals surface area contributed by atoms with Crippen LogP contribution in [0.25, 0.3) is 0 Å². The van der Waals surface area contributed by atoms with Crippen molar-refractivity contribution in [3.05, 3.63) is 29.8 Å². The van der Waals surface area contributed by atoms with Gasteiger partial charge in [-0.2, -0.15) is 0 Å². The molecule has 3 rings (SSSR count). The molecule has 0 spiro atoms. The Balaban J connectivity index is 0.00000300. The molecule has 1 aromatic carbocycles. The van der Waals surface area contributed by atoms with Gasteiger partial charge in [-0.25, -0.2) is 0 Å². The van der Waals surface area contributed by atoms with Gasteiger partial charge in [-0.1, -0.05) is 31.0 Å². The minimum absolute atomic E-state index is 0. The van der Waals surface area contributed by atoms with Crippen molar-refractivity contribution < 1.29 is 14.3 Å². The Labute approximate surface area is 180 Å². The molecule has 1 aliphatic heterocycles. The van der Waals surface area contributed by atoms with Crippen LogP contribution in [0.1, 0.15) is 45.1 Å². The quantitative estimate of drug-likeness (QED) is 0.807. The Kier molecular flexibility index (Phi) is 7.94. The molecule has 2 amide bonds. The fourth-order valence-electron chi connectivity index (χ4n) is 4.32. The van der Waals surface area contributed by atoms with Crippen molar-refractivity contribution >= 4 is 24.2 Å². The van der Waals surface area contributed by atoms with Gasteiger partial charge in [-0.3, -0.25) is 9.59 Å². The second-order valence-electron chi connectivity index (χ2n) is 8.48. The molecule has 3 unspecified atom stereocenters. The third-order valence-electron chi connectivity index (χ3n) is 6.20. The van der Waals surface area contributed by atoms with Gasteiger partial charge >= 0.3 is 0 Å². The van der Waals surface area contributed by atoms with E-state index in [-0.39, 0.29) is 30.1 Å². The molecule has 7 heteroatoms. The van der Waals surface area contributed by atoms with Crippen LogP contribution in [-0.2, 0) is 9.59 Å². The lowest BCUT2D eigenvalue weighted by atomic mass is 9.74. The summed E-state index contributed by atoms with van der Waals surface area (Å²) in [5, 5.41) is 0. The highest BCUT2D eigenvalue weighted by Crippen LogP contribution is 2.33. The largest absolute Gasteiger partial charge is 0.481 e. The van der Waals surface area contributed by atoms with E-state index in [1.807, 2.05) is 43.0 Å². The number of para-hydroxylation sites is 1. The average molecular weight is 424 g/mol. The number of piperazine rings is 1. The SMILES string of the molecule is Cc1ccccc1OC(C)C(=O)N1CCN(C(=O)C2CCCCC2(C)N)CC1.Cl. The molecule has 6 nitrogen and oxygen atoms in total. The van der Waals surface area contributed by atoms with Gasteiger partial charge in [0.2, 0.25) is 5.91 Å². The summed E-state index contributed by atoms with van der Waals surface area (Å²) in [7, 11) is 0. The molecule has 1 saturated carbocycles. The molecule has 0 bridgehead atoms. The van der Waals surface area contributed by atoms with Crippen molar-refractivity contribution in [2.24, 2.45) is 11.7 Å². The molecule has 1 aromatic rings. The van der Waals surface area contributed by atoms with E-state index >= 15 is 0 Å². The monoisotopic (exact) mass is 423 g/mol. The standard InChI is InChI=1S/C22H33N3O3.ClH/c1-16-8-4-5-10-19(16)28-17(2)20(26)24-12-14-25(15-13-24)21(27)18-9-6-7-11-22(18,3)23;/h4-5,8,10,17-18H,6-7,9,11-15,23H2,1-3H3;1H. The zero-order valence-electron chi connectivity index (χ0n) is 17.7. The van der Waals surface area contributed by atoms with Gasteiger partial charge in [-0.05, 0) is 45.2 Å². The molecule has 1 aliphatic carbocycles. The lowest BCUT2D eigenvalue weighted by molar-refractivity contribution is -0.147. The molecule has 3 atom stereocenters. The second kappa shape index (κ2) is 9.81. The first-order valence-corrected chi connectivity index (χ1v) is 10.4.